The number of piperazine rings is 1. The van der Waals surface area contributed by atoms with Crippen molar-refractivity contribution >= 4 is 23.3 Å². The van der Waals surface area contributed by atoms with Gasteiger partial charge in [-0.05, 0) is 19.1 Å². The molecule has 1 aromatic heterocycles. The van der Waals surface area contributed by atoms with Crippen LogP contribution in [-0.4, -0.2) is 57.8 Å². The maximum atomic E-state index is 12.6. The topological polar surface area (TPSA) is 78.4 Å². The summed E-state index contributed by atoms with van der Waals surface area (Å²) in [6.45, 7) is 5.72. The lowest BCUT2D eigenvalue weighted by atomic mass is 10.2. The van der Waals surface area contributed by atoms with E-state index >= 15 is 0 Å². The number of nitrogens with zero attached hydrogens (tertiary/aromatic N) is 4. The Kier molecular flexibility index (Phi) is 4.92. The Balaban J connectivity index is 1.67. The summed E-state index contributed by atoms with van der Waals surface area (Å²) in [6.07, 6.45) is 1.38. The van der Waals surface area contributed by atoms with Gasteiger partial charge in [-0.3, -0.25) is 9.59 Å². The van der Waals surface area contributed by atoms with Gasteiger partial charge in [-0.15, -0.1) is 0 Å². The Morgan fingerprint density at radius 3 is 2.28 bits per heavy atom. The van der Waals surface area contributed by atoms with E-state index in [0.29, 0.717) is 37.7 Å². The van der Waals surface area contributed by atoms with Crippen LogP contribution in [0.1, 0.15) is 23.0 Å². The van der Waals surface area contributed by atoms with Crippen LogP contribution in [0, 0.1) is 6.92 Å². The van der Waals surface area contributed by atoms with Crippen molar-refractivity contribution in [1.82, 2.24) is 19.8 Å². The Hall–Kier alpha value is -2.96. The first-order valence-electron chi connectivity index (χ1n) is 8.23. The molecule has 7 nitrogen and oxygen atoms in total. The summed E-state index contributed by atoms with van der Waals surface area (Å²) in [5, 5.41) is 3.18. The third kappa shape index (κ3) is 4.12. The van der Waals surface area contributed by atoms with Crippen LogP contribution in [0.3, 0.4) is 0 Å². The van der Waals surface area contributed by atoms with Crippen LogP contribution in [0.2, 0.25) is 0 Å². The first-order valence-corrected chi connectivity index (χ1v) is 8.23. The van der Waals surface area contributed by atoms with Gasteiger partial charge in [0.1, 0.15) is 17.8 Å². The largest absolute Gasteiger partial charge is 0.340 e. The normalized spacial score (nSPS) is 14.3. The Morgan fingerprint density at radius 2 is 1.64 bits per heavy atom. The molecule has 130 valence electrons. The fourth-order valence-electron chi connectivity index (χ4n) is 2.71. The van der Waals surface area contributed by atoms with Gasteiger partial charge < -0.3 is 15.1 Å². The summed E-state index contributed by atoms with van der Waals surface area (Å²) in [4.78, 5) is 35.7. The van der Waals surface area contributed by atoms with Crippen LogP contribution in [0.4, 0.5) is 11.5 Å². The number of rotatable bonds is 3. The van der Waals surface area contributed by atoms with Gasteiger partial charge in [0.15, 0.2) is 0 Å². The number of carbonyl (C=O) groups excluding carboxylic acids is 2. The maximum absolute atomic E-state index is 12.6. The van der Waals surface area contributed by atoms with Crippen molar-refractivity contribution in [1.29, 1.82) is 0 Å². The first kappa shape index (κ1) is 16.9. The third-order valence-corrected chi connectivity index (χ3v) is 4.22. The van der Waals surface area contributed by atoms with E-state index in [1.807, 2.05) is 31.2 Å². The first-order chi connectivity index (χ1) is 12.0. The molecule has 1 aliphatic heterocycles. The number of anilines is 2. The highest BCUT2D eigenvalue weighted by molar-refractivity contribution is 5.93. The van der Waals surface area contributed by atoms with E-state index in [-0.39, 0.29) is 11.8 Å². The molecule has 7 heteroatoms. The van der Waals surface area contributed by atoms with Crippen molar-refractivity contribution in [2.45, 2.75) is 13.8 Å². The molecule has 0 unspecified atom stereocenters. The predicted molar refractivity (Wildman–Crippen MR) is 94.7 cm³/mol. The fraction of sp³-hybridized carbons (Fsp3) is 0.333. The smallest absolute Gasteiger partial charge is 0.272 e. The number of hydrogen-bond donors (Lipinski definition) is 1. The Labute approximate surface area is 146 Å². The van der Waals surface area contributed by atoms with Crippen LogP contribution >= 0.6 is 0 Å². The van der Waals surface area contributed by atoms with Crippen molar-refractivity contribution in [3.63, 3.8) is 0 Å². The summed E-state index contributed by atoms with van der Waals surface area (Å²) in [7, 11) is 0. The van der Waals surface area contributed by atoms with E-state index < -0.39 is 0 Å². The van der Waals surface area contributed by atoms with Gasteiger partial charge in [-0.25, -0.2) is 9.97 Å². The number of amides is 2. The molecule has 1 N–H and O–H groups in total. The molecule has 1 aliphatic rings. The number of benzene rings is 1. The minimum Gasteiger partial charge on any atom is -0.340 e. The second-order valence-corrected chi connectivity index (χ2v) is 6.08. The number of carbonyl (C=O) groups is 2. The molecule has 0 bridgehead atoms. The van der Waals surface area contributed by atoms with Crippen LogP contribution in [0.5, 0.6) is 0 Å². The van der Waals surface area contributed by atoms with E-state index in [2.05, 4.69) is 15.3 Å². The van der Waals surface area contributed by atoms with E-state index in [0.717, 1.165) is 5.69 Å². The quantitative estimate of drug-likeness (QED) is 0.923. The molecule has 2 heterocycles. The van der Waals surface area contributed by atoms with Crippen molar-refractivity contribution in [2.75, 3.05) is 31.5 Å². The summed E-state index contributed by atoms with van der Waals surface area (Å²) in [5.41, 5.74) is 2.42. The number of aryl methyl sites for hydroxylation is 1. The van der Waals surface area contributed by atoms with Crippen molar-refractivity contribution < 1.29 is 9.59 Å². The van der Waals surface area contributed by atoms with Gasteiger partial charge in [0.2, 0.25) is 5.91 Å². The molecule has 0 radical (unpaired) electrons. The van der Waals surface area contributed by atoms with Gasteiger partial charge in [0.25, 0.3) is 5.91 Å². The van der Waals surface area contributed by atoms with E-state index in [9.17, 15) is 9.59 Å². The summed E-state index contributed by atoms with van der Waals surface area (Å²) in [6, 6.07) is 9.58. The molecular formula is C18H21N5O2. The molecule has 2 aromatic rings. The Bertz CT molecular complexity index is 767. The zero-order chi connectivity index (χ0) is 17.8. The minimum absolute atomic E-state index is 0.0405. The second-order valence-electron chi connectivity index (χ2n) is 6.08. The zero-order valence-corrected chi connectivity index (χ0v) is 14.4. The molecule has 0 aliphatic carbocycles. The molecule has 0 atom stereocenters. The molecular weight excluding hydrogens is 318 g/mol. The van der Waals surface area contributed by atoms with Gasteiger partial charge in [0.05, 0.1) is 0 Å². The lowest BCUT2D eigenvalue weighted by Gasteiger charge is -2.34. The number of nitrogens with one attached hydrogen (secondary N) is 1. The summed E-state index contributed by atoms with van der Waals surface area (Å²) >= 11 is 0. The molecule has 25 heavy (non-hydrogen) atoms. The molecule has 1 fully saturated rings. The van der Waals surface area contributed by atoms with E-state index in [4.69, 9.17) is 0 Å². The minimum atomic E-state index is -0.141. The van der Waals surface area contributed by atoms with Gasteiger partial charge in [-0.1, -0.05) is 17.7 Å². The highest BCUT2D eigenvalue weighted by Crippen LogP contribution is 2.16. The molecule has 0 saturated carbocycles. The van der Waals surface area contributed by atoms with Crippen LogP contribution in [0.25, 0.3) is 0 Å². The monoisotopic (exact) mass is 339 g/mol. The predicted octanol–water partition coefficient (Wildman–Crippen LogP) is 1.83. The lowest BCUT2D eigenvalue weighted by Crippen LogP contribution is -2.50. The SMILES string of the molecule is CC(=O)N1CCN(C(=O)c2cc(Nc3ccc(C)cc3)ncn2)CC1. The number of hydrogen-bond acceptors (Lipinski definition) is 5. The second kappa shape index (κ2) is 7.29. The molecule has 0 spiro atoms. The maximum Gasteiger partial charge on any atom is 0.272 e. The molecule has 1 aromatic carbocycles. The standard InChI is InChI=1S/C18H21N5O2/c1-13-3-5-15(6-4-13)21-17-11-16(19-12-20-17)18(25)23-9-7-22(8-10-23)14(2)24/h3-6,11-12H,7-10H2,1-2H3,(H,19,20,21). The Morgan fingerprint density at radius 1 is 1.00 bits per heavy atom. The third-order valence-electron chi connectivity index (χ3n) is 4.22. The van der Waals surface area contributed by atoms with Crippen molar-refractivity contribution in [3.05, 3.63) is 47.9 Å². The van der Waals surface area contributed by atoms with Gasteiger partial charge >= 0.3 is 0 Å². The lowest BCUT2D eigenvalue weighted by molar-refractivity contribution is -0.130. The fourth-order valence-corrected chi connectivity index (χ4v) is 2.71. The van der Waals surface area contributed by atoms with Crippen LogP contribution in [-0.2, 0) is 4.79 Å². The van der Waals surface area contributed by atoms with Crippen LogP contribution < -0.4 is 5.32 Å². The van der Waals surface area contributed by atoms with Crippen LogP contribution in [0.15, 0.2) is 36.7 Å². The average Bonchev–Trinajstić information content (AvgIpc) is 2.63. The van der Waals surface area contributed by atoms with Crippen molar-refractivity contribution in [2.24, 2.45) is 0 Å². The summed E-state index contributed by atoms with van der Waals surface area (Å²) in [5.74, 6) is 0.473. The molecule has 3 rings (SSSR count). The van der Waals surface area contributed by atoms with Gasteiger partial charge in [-0.2, -0.15) is 0 Å². The summed E-state index contributed by atoms with van der Waals surface area (Å²) < 4.78 is 0. The van der Waals surface area contributed by atoms with E-state index in [1.165, 1.54) is 11.9 Å². The highest BCUT2D eigenvalue weighted by atomic mass is 16.2. The van der Waals surface area contributed by atoms with Crippen molar-refractivity contribution in [3.8, 4) is 0 Å². The molecule has 1 saturated heterocycles. The van der Waals surface area contributed by atoms with E-state index in [1.54, 1.807) is 22.8 Å². The average molecular weight is 339 g/mol. The highest BCUT2D eigenvalue weighted by Gasteiger charge is 2.24. The number of aromatic nitrogens is 2. The zero-order valence-electron chi connectivity index (χ0n) is 14.4. The van der Waals surface area contributed by atoms with Gasteiger partial charge in [0, 0.05) is 44.9 Å². The molecule has 2 amide bonds.